The Balaban J connectivity index is 2.09. The Hall–Kier alpha value is -1.32. The van der Waals surface area contributed by atoms with Gasteiger partial charge in [0.05, 0.1) is 0 Å². The second-order valence-corrected chi connectivity index (χ2v) is 3.87. The van der Waals surface area contributed by atoms with Crippen molar-refractivity contribution in [1.29, 1.82) is 0 Å². The van der Waals surface area contributed by atoms with E-state index in [1.165, 1.54) is 25.7 Å². The average molecular weight is 193 g/mol. The van der Waals surface area contributed by atoms with Crippen LogP contribution in [0.4, 0.5) is 5.95 Å². The molecule has 4 nitrogen and oxygen atoms in total. The molecule has 1 saturated carbocycles. The number of hydrogen-bond acceptors (Lipinski definition) is 3. The molecule has 0 radical (unpaired) electrons. The minimum absolute atomic E-state index is 0.0551. The molecule has 1 aliphatic carbocycles. The number of rotatable bonds is 2. The van der Waals surface area contributed by atoms with Gasteiger partial charge < -0.3 is 5.32 Å². The van der Waals surface area contributed by atoms with Gasteiger partial charge in [0.25, 0.3) is 5.56 Å². The van der Waals surface area contributed by atoms with Crippen molar-refractivity contribution >= 4 is 5.95 Å². The van der Waals surface area contributed by atoms with Crippen molar-refractivity contribution in [2.75, 3.05) is 5.32 Å². The van der Waals surface area contributed by atoms with Crippen molar-refractivity contribution in [2.45, 2.75) is 38.6 Å². The lowest BCUT2D eigenvalue weighted by Crippen LogP contribution is -2.20. The van der Waals surface area contributed by atoms with E-state index in [9.17, 15) is 4.79 Å². The summed E-state index contributed by atoms with van der Waals surface area (Å²) in [6, 6.07) is 0.487. The van der Waals surface area contributed by atoms with Gasteiger partial charge in [-0.2, -0.15) is 0 Å². The third-order valence-corrected chi connectivity index (χ3v) is 2.67. The third-order valence-electron chi connectivity index (χ3n) is 2.67. The van der Waals surface area contributed by atoms with Crippen LogP contribution in [0.5, 0.6) is 0 Å². The topological polar surface area (TPSA) is 57.8 Å². The molecule has 0 atom stereocenters. The summed E-state index contributed by atoms with van der Waals surface area (Å²) in [5.74, 6) is 0.604. The normalized spacial score (nSPS) is 17.2. The van der Waals surface area contributed by atoms with E-state index in [0.29, 0.717) is 17.6 Å². The first kappa shape index (κ1) is 9.24. The van der Waals surface area contributed by atoms with E-state index < -0.39 is 0 Å². The highest BCUT2D eigenvalue weighted by Crippen LogP contribution is 2.20. The highest BCUT2D eigenvalue weighted by atomic mass is 16.1. The number of hydrogen-bond donors (Lipinski definition) is 2. The quantitative estimate of drug-likeness (QED) is 0.747. The molecule has 1 aliphatic rings. The van der Waals surface area contributed by atoms with Gasteiger partial charge >= 0.3 is 0 Å². The fraction of sp³-hybridized carbons (Fsp3) is 0.600. The fourth-order valence-electron chi connectivity index (χ4n) is 1.80. The van der Waals surface area contributed by atoms with Gasteiger partial charge in [-0.05, 0) is 19.8 Å². The van der Waals surface area contributed by atoms with Crippen molar-refractivity contribution in [3.05, 3.63) is 22.1 Å². The average Bonchev–Trinajstić information content (AvgIpc) is 2.64. The van der Waals surface area contributed by atoms with Gasteiger partial charge in [0, 0.05) is 17.8 Å². The van der Waals surface area contributed by atoms with E-state index >= 15 is 0 Å². The molecule has 1 aromatic heterocycles. The van der Waals surface area contributed by atoms with Gasteiger partial charge in [0.15, 0.2) is 0 Å². The molecule has 0 saturated heterocycles. The first-order valence-electron chi connectivity index (χ1n) is 5.08. The van der Waals surface area contributed by atoms with E-state index in [4.69, 9.17) is 0 Å². The molecule has 2 N–H and O–H groups in total. The Bertz CT molecular complexity index is 366. The van der Waals surface area contributed by atoms with E-state index in [-0.39, 0.29) is 5.56 Å². The molecule has 2 rings (SSSR count). The summed E-state index contributed by atoms with van der Waals surface area (Å²) < 4.78 is 0. The lowest BCUT2D eigenvalue weighted by molar-refractivity contribution is 0.742. The molecule has 1 aromatic rings. The molecule has 0 bridgehead atoms. The fourth-order valence-corrected chi connectivity index (χ4v) is 1.80. The van der Waals surface area contributed by atoms with Gasteiger partial charge in [0.1, 0.15) is 0 Å². The van der Waals surface area contributed by atoms with Gasteiger partial charge in [0.2, 0.25) is 5.95 Å². The van der Waals surface area contributed by atoms with Crippen LogP contribution in [0, 0.1) is 6.92 Å². The molecule has 1 heterocycles. The van der Waals surface area contributed by atoms with E-state index in [0.717, 1.165) is 0 Å². The van der Waals surface area contributed by atoms with Crippen LogP contribution in [-0.4, -0.2) is 16.0 Å². The molecule has 1 fully saturated rings. The number of nitrogens with zero attached hydrogens (tertiary/aromatic N) is 1. The standard InChI is InChI=1S/C10H15N3O/c1-7-6-11-10(13-9(7)14)12-8-4-2-3-5-8/h6,8H,2-5H2,1H3,(H2,11,12,13,14). The second-order valence-electron chi connectivity index (χ2n) is 3.87. The summed E-state index contributed by atoms with van der Waals surface area (Å²) in [5.41, 5.74) is 0.600. The maximum atomic E-state index is 11.3. The van der Waals surface area contributed by atoms with E-state index in [1.807, 2.05) is 0 Å². The zero-order valence-electron chi connectivity index (χ0n) is 8.34. The highest BCUT2D eigenvalue weighted by molar-refractivity contribution is 5.26. The van der Waals surface area contributed by atoms with Crippen LogP contribution in [-0.2, 0) is 0 Å². The zero-order valence-corrected chi connectivity index (χ0v) is 8.34. The Morgan fingerprint density at radius 3 is 2.86 bits per heavy atom. The summed E-state index contributed by atoms with van der Waals surface area (Å²) in [4.78, 5) is 18.1. The first-order valence-corrected chi connectivity index (χ1v) is 5.08. The number of nitrogens with one attached hydrogen (secondary N) is 2. The van der Waals surface area contributed by atoms with Gasteiger partial charge in [-0.25, -0.2) is 4.98 Å². The predicted octanol–water partition coefficient (Wildman–Crippen LogP) is 1.43. The van der Waals surface area contributed by atoms with Crippen LogP contribution >= 0.6 is 0 Å². The minimum Gasteiger partial charge on any atom is -0.353 e. The predicted molar refractivity (Wildman–Crippen MR) is 55.5 cm³/mol. The molecule has 0 spiro atoms. The van der Waals surface area contributed by atoms with Crippen LogP contribution in [0.1, 0.15) is 31.2 Å². The lowest BCUT2D eigenvalue weighted by atomic mass is 10.2. The number of H-pyrrole nitrogens is 1. The monoisotopic (exact) mass is 193 g/mol. The number of aryl methyl sites for hydroxylation is 1. The van der Waals surface area contributed by atoms with Crippen molar-refractivity contribution < 1.29 is 0 Å². The Morgan fingerprint density at radius 2 is 2.21 bits per heavy atom. The van der Waals surface area contributed by atoms with Crippen molar-refractivity contribution in [2.24, 2.45) is 0 Å². The lowest BCUT2D eigenvalue weighted by Gasteiger charge is -2.11. The number of aromatic nitrogens is 2. The van der Waals surface area contributed by atoms with E-state index in [1.54, 1.807) is 13.1 Å². The molecule has 4 heteroatoms. The highest BCUT2D eigenvalue weighted by Gasteiger charge is 2.15. The third kappa shape index (κ3) is 1.95. The van der Waals surface area contributed by atoms with Crippen LogP contribution in [0.2, 0.25) is 0 Å². The van der Waals surface area contributed by atoms with Crippen LogP contribution in [0.25, 0.3) is 0 Å². The molecular formula is C10H15N3O. The Labute approximate surface area is 82.8 Å². The zero-order chi connectivity index (χ0) is 9.97. The maximum Gasteiger partial charge on any atom is 0.255 e. The van der Waals surface area contributed by atoms with Gasteiger partial charge in [-0.1, -0.05) is 12.8 Å². The smallest absolute Gasteiger partial charge is 0.255 e. The van der Waals surface area contributed by atoms with Crippen LogP contribution in [0.15, 0.2) is 11.0 Å². The number of aromatic amines is 1. The Kier molecular flexibility index (Phi) is 2.52. The SMILES string of the molecule is Cc1cnc(NC2CCCC2)[nH]c1=O. The molecule has 0 aliphatic heterocycles. The molecule has 76 valence electrons. The maximum absolute atomic E-state index is 11.3. The largest absolute Gasteiger partial charge is 0.353 e. The molecular weight excluding hydrogens is 178 g/mol. The summed E-state index contributed by atoms with van der Waals surface area (Å²) in [7, 11) is 0. The first-order chi connectivity index (χ1) is 6.75. The summed E-state index contributed by atoms with van der Waals surface area (Å²) in [6.07, 6.45) is 6.51. The molecule has 14 heavy (non-hydrogen) atoms. The Morgan fingerprint density at radius 1 is 1.50 bits per heavy atom. The van der Waals surface area contributed by atoms with E-state index in [2.05, 4.69) is 15.3 Å². The van der Waals surface area contributed by atoms with Gasteiger partial charge in [-0.3, -0.25) is 9.78 Å². The second kappa shape index (κ2) is 3.82. The minimum atomic E-state index is -0.0551. The molecule has 0 aromatic carbocycles. The molecule has 0 unspecified atom stereocenters. The van der Waals surface area contributed by atoms with Crippen molar-refractivity contribution in [1.82, 2.24) is 9.97 Å². The van der Waals surface area contributed by atoms with Crippen molar-refractivity contribution in [3.63, 3.8) is 0 Å². The van der Waals surface area contributed by atoms with Crippen LogP contribution in [0.3, 0.4) is 0 Å². The van der Waals surface area contributed by atoms with Crippen molar-refractivity contribution in [3.8, 4) is 0 Å². The van der Waals surface area contributed by atoms with Gasteiger partial charge in [-0.15, -0.1) is 0 Å². The summed E-state index contributed by atoms with van der Waals surface area (Å²) in [6.45, 7) is 1.76. The summed E-state index contributed by atoms with van der Waals surface area (Å²) in [5, 5.41) is 3.24. The molecule has 0 amide bonds. The van der Waals surface area contributed by atoms with Crippen LogP contribution < -0.4 is 10.9 Å². The number of anilines is 1. The summed E-state index contributed by atoms with van der Waals surface area (Å²) >= 11 is 0.